The Kier molecular flexibility index (Phi) is 3.51. The van der Waals surface area contributed by atoms with Crippen LogP contribution < -0.4 is 10.6 Å². The predicted octanol–water partition coefficient (Wildman–Crippen LogP) is 2.13. The molecule has 0 amide bonds. The molecule has 1 fully saturated rings. The van der Waals surface area contributed by atoms with Crippen LogP contribution in [0, 0.1) is 5.41 Å². The van der Waals surface area contributed by atoms with E-state index in [-0.39, 0.29) is 18.0 Å². The van der Waals surface area contributed by atoms with E-state index in [4.69, 9.17) is 20.9 Å². The van der Waals surface area contributed by atoms with E-state index in [1.54, 1.807) is 0 Å². The highest BCUT2D eigenvalue weighted by atomic mass is 16.5. The Hall–Kier alpha value is -2.14. The molecule has 2 aromatic rings. The van der Waals surface area contributed by atoms with Gasteiger partial charge in [0.2, 0.25) is 0 Å². The number of nitrogens with one attached hydrogen (secondary N) is 1. The van der Waals surface area contributed by atoms with Gasteiger partial charge in [0.1, 0.15) is 11.7 Å². The van der Waals surface area contributed by atoms with Gasteiger partial charge in [-0.15, -0.1) is 0 Å². The molecular formula is C16H20N4O. The van der Waals surface area contributed by atoms with Crippen LogP contribution in [0.2, 0.25) is 0 Å². The van der Waals surface area contributed by atoms with E-state index in [2.05, 4.69) is 18.7 Å². The van der Waals surface area contributed by atoms with Gasteiger partial charge in [0.15, 0.2) is 0 Å². The number of hydrogen-bond acceptors (Lipinski definition) is 4. The Labute approximate surface area is 124 Å². The minimum absolute atomic E-state index is 0.0510. The van der Waals surface area contributed by atoms with Gasteiger partial charge >= 0.3 is 0 Å². The molecule has 5 nitrogen and oxygen atoms in total. The summed E-state index contributed by atoms with van der Waals surface area (Å²) in [6.07, 6.45) is 0.281. The number of rotatable bonds is 2. The van der Waals surface area contributed by atoms with Gasteiger partial charge in [0, 0.05) is 18.5 Å². The molecule has 3 rings (SSSR count). The average Bonchev–Trinajstić information content (AvgIpc) is 2.44. The van der Waals surface area contributed by atoms with Crippen molar-refractivity contribution in [1.82, 2.24) is 4.98 Å². The van der Waals surface area contributed by atoms with Crippen molar-refractivity contribution in [3.63, 3.8) is 0 Å². The van der Waals surface area contributed by atoms with Gasteiger partial charge in [-0.25, -0.2) is 4.98 Å². The van der Waals surface area contributed by atoms with Gasteiger partial charge in [-0.05, 0) is 26.0 Å². The first-order valence-corrected chi connectivity index (χ1v) is 7.19. The first kappa shape index (κ1) is 13.8. The SMILES string of the molecule is CC1CN(c2nc3ccccc3cc2C(=N)N)CC(C)O1. The summed E-state index contributed by atoms with van der Waals surface area (Å²) < 4.78 is 5.77. The van der Waals surface area contributed by atoms with Crippen LogP contribution in [-0.4, -0.2) is 36.1 Å². The zero-order chi connectivity index (χ0) is 15.0. The largest absolute Gasteiger partial charge is 0.384 e. The van der Waals surface area contributed by atoms with Crippen molar-refractivity contribution in [2.45, 2.75) is 26.1 Å². The third kappa shape index (κ3) is 2.69. The van der Waals surface area contributed by atoms with Gasteiger partial charge in [-0.3, -0.25) is 5.41 Å². The van der Waals surface area contributed by atoms with Gasteiger partial charge in [-0.2, -0.15) is 0 Å². The number of nitrogens with two attached hydrogens (primary N) is 1. The number of amidine groups is 1. The lowest BCUT2D eigenvalue weighted by atomic mass is 10.1. The maximum atomic E-state index is 7.85. The van der Waals surface area contributed by atoms with E-state index in [0.29, 0.717) is 5.56 Å². The highest BCUT2D eigenvalue weighted by molar-refractivity contribution is 6.03. The van der Waals surface area contributed by atoms with Crippen LogP contribution in [0.1, 0.15) is 19.4 Å². The summed E-state index contributed by atoms with van der Waals surface area (Å²) in [6.45, 7) is 5.63. The fourth-order valence-electron chi connectivity index (χ4n) is 2.90. The standard InChI is InChI=1S/C16H20N4O/c1-10-8-20(9-11(2)21-10)16-13(15(17)18)7-12-5-3-4-6-14(12)19-16/h3-7,10-11H,8-9H2,1-2H3,(H3,17,18). The molecular weight excluding hydrogens is 264 g/mol. The maximum absolute atomic E-state index is 7.85. The molecule has 0 spiro atoms. The number of morpholine rings is 1. The fourth-order valence-corrected chi connectivity index (χ4v) is 2.90. The summed E-state index contributed by atoms with van der Waals surface area (Å²) in [5.41, 5.74) is 7.38. The Bertz CT molecular complexity index is 675. The number of ether oxygens (including phenoxy) is 1. The summed E-state index contributed by atoms with van der Waals surface area (Å²) in [6, 6.07) is 9.85. The zero-order valence-electron chi connectivity index (χ0n) is 12.3. The number of para-hydroxylation sites is 1. The predicted molar refractivity (Wildman–Crippen MR) is 85.0 cm³/mol. The van der Waals surface area contributed by atoms with E-state index in [9.17, 15) is 0 Å². The number of benzene rings is 1. The Morgan fingerprint density at radius 2 is 1.95 bits per heavy atom. The molecule has 0 aliphatic carbocycles. The molecule has 110 valence electrons. The number of anilines is 1. The highest BCUT2D eigenvalue weighted by Crippen LogP contribution is 2.26. The minimum atomic E-state index is 0.0510. The number of nitrogen functional groups attached to an aromatic ring is 1. The molecule has 0 radical (unpaired) electrons. The number of hydrogen-bond donors (Lipinski definition) is 2. The summed E-state index contributed by atoms with van der Waals surface area (Å²) in [5, 5.41) is 8.85. The minimum Gasteiger partial charge on any atom is -0.384 e. The summed E-state index contributed by atoms with van der Waals surface area (Å²) in [7, 11) is 0. The van der Waals surface area contributed by atoms with Gasteiger partial charge in [0.25, 0.3) is 0 Å². The molecule has 5 heteroatoms. The van der Waals surface area contributed by atoms with Crippen LogP contribution in [-0.2, 0) is 4.74 Å². The molecule has 3 N–H and O–H groups in total. The fraction of sp³-hybridized carbons (Fsp3) is 0.375. The van der Waals surface area contributed by atoms with Crippen molar-refractivity contribution in [3.05, 3.63) is 35.9 Å². The second kappa shape index (κ2) is 5.33. The number of nitrogens with zero attached hydrogens (tertiary/aromatic N) is 2. The first-order chi connectivity index (χ1) is 10.0. The maximum Gasteiger partial charge on any atom is 0.140 e. The van der Waals surface area contributed by atoms with E-state index < -0.39 is 0 Å². The molecule has 1 aliphatic heterocycles. The van der Waals surface area contributed by atoms with Crippen LogP contribution in [0.4, 0.5) is 5.82 Å². The van der Waals surface area contributed by atoms with E-state index in [1.807, 2.05) is 30.3 Å². The molecule has 2 heterocycles. The molecule has 2 unspecified atom stereocenters. The number of fused-ring (bicyclic) bond motifs is 1. The first-order valence-electron chi connectivity index (χ1n) is 7.19. The second-order valence-electron chi connectivity index (χ2n) is 5.63. The second-order valence-corrected chi connectivity index (χ2v) is 5.63. The third-order valence-corrected chi connectivity index (χ3v) is 3.71. The van der Waals surface area contributed by atoms with Crippen molar-refractivity contribution in [2.24, 2.45) is 5.73 Å². The van der Waals surface area contributed by atoms with E-state index in [1.165, 1.54) is 0 Å². The molecule has 2 atom stereocenters. The van der Waals surface area contributed by atoms with Crippen LogP contribution in [0.15, 0.2) is 30.3 Å². The molecule has 1 aromatic carbocycles. The summed E-state index contributed by atoms with van der Waals surface area (Å²) in [5.74, 6) is 0.832. The van der Waals surface area contributed by atoms with E-state index in [0.717, 1.165) is 29.8 Å². The smallest absolute Gasteiger partial charge is 0.140 e. The third-order valence-electron chi connectivity index (χ3n) is 3.71. The lowest BCUT2D eigenvalue weighted by Gasteiger charge is -2.37. The lowest BCUT2D eigenvalue weighted by Crippen LogP contribution is -2.46. The van der Waals surface area contributed by atoms with Gasteiger partial charge in [-0.1, -0.05) is 18.2 Å². The molecule has 1 aliphatic rings. The Morgan fingerprint density at radius 3 is 2.62 bits per heavy atom. The highest BCUT2D eigenvalue weighted by Gasteiger charge is 2.25. The lowest BCUT2D eigenvalue weighted by molar-refractivity contribution is -0.00545. The molecule has 21 heavy (non-hydrogen) atoms. The van der Waals surface area contributed by atoms with Crippen molar-refractivity contribution in [3.8, 4) is 0 Å². The molecule has 1 aromatic heterocycles. The molecule has 1 saturated heterocycles. The van der Waals surface area contributed by atoms with Crippen LogP contribution in [0.25, 0.3) is 10.9 Å². The topological polar surface area (TPSA) is 75.2 Å². The zero-order valence-corrected chi connectivity index (χ0v) is 12.3. The van der Waals surface area contributed by atoms with Crippen molar-refractivity contribution in [1.29, 1.82) is 5.41 Å². The van der Waals surface area contributed by atoms with Crippen molar-refractivity contribution < 1.29 is 4.74 Å². The average molecular weight is 284 g/mol. The van der Waals surface area contributed by atoms with Crippen LogP contribution >= 0.6 is 0 Å². The number of aromatic nitrogens is 1. The summed E-state index contributed by atoms with van der Waals surface area (Å²) >= 11 is 0. The monoisotopic (exact) mass is 284 g/mol. The quantitative estimate of drug-likeness (QED) is 0.654. The summed E-state index contributed by atoms with van der Waals surface area (Å²) in [4.78, 5) is 6.91. The van der Waals surface area contributed by atoms with Gasteiger partial charge in [0.05, 0.1) is 23.3 Å². The normalized spacial score (nSPS) is 22.5. The molecule has 0 bridgehead atoms. The molecule has 0 saturated carbocycles. The van der Waals surface area contributed by atoms with Crippen LogP contribution in [0.5, 0.6) is 0 Å². The number of pyridine rings is 1. The van der Waals surface area contributed by atoms with Gasteiger partial charge < -0.3 is 15.4 Å². The Morgan fingerprint density at radius 1 is 1.29 bits per heavy atom. The van der Waals surface area contributed by atoms with Crippen molar-refractivity contribution in [2.75, 3.05) is 18.0 Å². The van der Waals surface area contributed by atoms with Crippen LogP contribution in [0.3, 0.4) is 0 Å². The van der Waals surface area contributed by atoms with Crippen molar-refractivity contribution >= 4 is 22.6 Å². The Balaban J connectivity index is 2.11. The van der Waals surface area contributed by atoms with E-state index >= 15 is 0 Å².